The van der Waals surface area contributed by atoms with Crippen LogP contribution in [0.3, 0.4) is 0 Å². The van der Waals surface area contributed by atoms with Gasteiger partial charge in [-0.2, -0.15) is 0 Å². The summed E-state index contributed by atoms with van der Waals surface area (Å²) in [6.07, 6.45) is 3.68. The minimum absolute atomic E-state index is 0.147. The van der Waals surface area contributed by atoms with Gasteiger partial charge in [0, 0.05) is 0 Å². The lowest BCUT2D eigenvalue weighted by molar-refractivity contribution is -0.115. The van der Waals surface area contributed by atoms with Crippen molar-refractivity contribution in [2.75, 3.05) is 6.26 Å². The first kappa shape index (κ1) is 13.6. The number of benzene rings is 2. The van der Waals surface area contributed by atoms with Crippen LogP contribution in [0.4, 0.5) is 0 Å². The van der Waals surface area contributed by atoms with Crippen LogP contribution >= 0.6 is 11.8 Å². The minimum Gasteiger partial charge on any atom is -0.300 e. The summed E-state index contributed by atoms with van der Waals surface area (Å²) in [5.74, 6) is -0.147. The van der Waals surface area contributed by atoms with E-state index in [2.05, 4.69) is 22.4 Å². The predicted octanol–water partition coefficient (Wildman–Crippen LogP) is 3.54. The summed E-state index contributed by atoms with van der Waals surface area (Å²) < 4.78 is 0. The molecule has 0 saturated carbocycles. The molecule has 3 nitrogen and oxygen atoms in total. The highest BCUT2D eigenvalue weighted by atomic mass is 32.2. The smallest absolute Gasteiger partial charge is 0.275 e. The third kappa shape index (κ3) is 3.06. The molecule has 3 rings (SSSR count). The van der Waals surface area contributed by atoms with E-state index in [1.807, 2.05) is 48.7 Å². The van der Waals surface area contributed by atoms with E-state index < -0.39 is 0 Å². The number of amides is 1. The van der Waals surface area contributed by atoms with E-state index in [1.54, 1.807) is 6.08 Å². The summed E-state index contributed by atoms with van der Waals surface area (Å²) in [5.41, 5.74) is 3.75. The van der Waals surface area contributed by atoms with Crippen molar-refractivity contribution in [3.05, 3.63) is 65.9 Å². The second kappa shape index (κ2) is 5.97. The number of thioether (sulfide) groups is 1. The third-order valence-electron chi connectivity index (χ3n) is 3.19. The van der Waals surface area contributed by atoms with Gasteiger partial charge in [-0.15, -0.1) is 0 Å². The van der Waals surface area contributed by atoms with Gasteiger partial charge in [0.15, 0.2) is 5.17 Å². The molecule has 2 aromatic rings. The van der Waals surface area contributed by atoms with Gasteiger partial charge in [0.25, 0.3) is 5.91 Å². The van der Waals surface area contributed by atoms with E-state index in [0.717, 1.165) is 11.1 Å². The van der Waals surface area contributed by atoms with Crippen LogP contribution in [0.5, 0.6) is 0 Å². The third-order valence-corrected chi connectivity index (χ3v) is 3.77. The monoisotopic (exact) mass is 294 g/mol. The van der Waals surface area contributed by atoms with E-state index in [0.29, 0.717) is 10.9 Å². The number of hydrogen-bond donors (Lipinski definition) is 1. The van der Waals surface area contributed by atoms with Crippen LogP contribution in [-0.4, -0.2) is 17.3 Å². The molecular weight excluding hydrogens is 280 g/mol. The van der Waals surface area contributed by atoms with Crippen molar-refractivity contribution < 1.29 is 4.79 Å². The van der Waals surface area contributed by atoms with Gasteiger partial charge in [-0.3, -0.25) is 10.1 Å². The van der Waals surface area contributed by atoms with Crippen molar-refractivity contribution in [2.24, 2.45) is 4.99 Å². The molecule has 0 fully saturated rings. The fraction of sp³-hybridized carbons (Fsp3) is 0.0588. The minimum atomic E-state index is -0.147. The number of amidine groups is 1. The van der Waals surface area contributed by atoms with E-state index in [9.17, 15) is 4.79 Å². The van der Waals surface area contributed by atoms with Crippen molar-refractivity contribution in [3.63, 3.8) is 0 Å². The second-order valence-corrected chi connectivity index (χ2v) is 5.39. The number of carbonyl (C=O) groups is 1. The lowest BCUT2D eigenvalue weighted by atomic mass is 10.0. The van der Waals surface area contributed by atoms with Crippen molar-refractivity contribution in [2.45, 2.75) is 0 Å². The molecular formula is C17H14N2OS. The summed E-state index contributed by atoms with van der Waals surface area (Å²) >= 11 is 1.43. The Labute approximate surface area is 127 Å². The Kier molecular flexibility index (Phi) is 3.88. The van der Waals surface area contributed by atoms with Crippen molar-refractivity contribution in [1.29, 1.82) is 0 Å². The molecule has 0 aromatic heterocycles. The van der Waals surface area contributed by atoms with Gasteiger partial charge >= 0.3 is 0 Å². The molecule has 104 valence electrons. The highest BCUT2D eigenvalue weighted by Gasteiger charge is 2.18. The Bertz CT molecular complexity index is 718. The summed E-state index contributed by atoms with van der Waals surface area (Å²) in [4.78, 5) is 16.0. The largest absolute Gasteiger partial charge is 0.300 e. The zero-order valence-corrected chi connectivity index (χ0v) is 12.4. The number of carbonyl (C=O) groups excluding carboxylic acids is 1. The van der Waals surface area contributed by atoms with Gasteiger partial charge in [0.2, 0.25) is 0 Å². The first-order valence-electron chi connectivity index (χ1n) is 6.57. The van der Waals surface area contributed by atoms with Crippen molar-refractivity contribution >= 4 is 28.9 Å². The molecule has 2 aromatic carbocycles. The van der Waals surface area contributed by atoms with Gasteiger partial charge < -0.3 is 0 Å². The maximum absolute atomic E-state index is 11.7. The lowest BCUT2D eigenvalue weighted by Crippen LogP contribution is -2.21. The molecule has 1 aliphatic rings. The Morgan fingerprint density at radius 2 is 1.67 bits per heavy atom. The van der Waals surface area contributed by atoms with Gasteiger partial charge in [-0.05, 0) is 29.0 Å². The van der Waals surface area contributed by atoms with Crippen LogP contribution in [-0.2, 0) is 4.79 Å². The first-order chi connectivity index (χ1) is 10.3. The summed E-state index contributed by atoms with van der Waals surface area (Å²) in [5, 5.41) is 3.36. The van der Waals surface area contributed by atoms with Crippen molar-refractivity contribution in [3.8, 4) is 11.1 Å². The maximum Gasteiger partial charge on any atom is 0.275 e. The Hall–Kier alpha value is -2.33. The average molecular weight is 294 g/mol. The van der Waals surface area contributed by atoms with Gasteiger partial charge in [0.05, 0.1) is 0 Å². The highest BCUT2D eigenvalue weighted by molar-refractivity contribution is 8.13. The van der Waals surface area contributed by atoms with E-state index >= 15 is 0 Å². The second-order valence-electron chi connectivity index (χ2n) is 4.59. The van der Waals surface area contributed by atoms with Gasteiger partial charge in [0.1, 0.15) is 5.70 Å². The molecule has 0 aliphatic carbocycles. The molecule has 0 saturated heterocycles. The Balaban J connectivity index is 1.85. The summed E-state index contributed by atoms with van der Waals surface area (Å²) in [6.45, 7) is 0. The lowest BCUT2D eigenvalue weighted by Gasteiger charge is -2.02. The molecule has 0 bridgehead atoms. The maximum atomic E-state index is 11.7. The highest BCUT2D eigenvalue weighted by Crippen LogP contribution is 2.21. The van der Waals surface area contributed by atoms with Crippen LogP contribution in [0.15, 0.2) is 65.3 Å². The summed E-state index contributed by atoms with van der Waals surface area (Å²) in [7, 11) is 0. The van der Waals surface area contributed by atoms with Crippen LogP contribution in [0.2, 0.25) is 0 Å². The van der Waals surface area contributed by atoms with Crippen molar-refractivity contribution in [1.82, 2.24) is 5.32 Å². The van der Waals surface area contributed by atoms with Crippen LogP contribution in [0.25, 0.3) is 17.2 Å². The van der Waals surface area contributed by atoms with E-state index in [1.165, 1.54) is 17.3 Å². The molecule has 0 spiro atoms. The van der Waals surface area contributed by atoms with Crippen LogP contribution < -0.4 is 5.32 Å². The summed E-state index contributed by atoms with van der Waals surface area (Å²) in [6, 6.07) is 18.3. The molecule has 0 atom stereocenters. The molecule has 1 amide bonds. The number of hydrogen-bond acceptors (Lipinski definition) is 3. The zero-order valence-electron chi connectivity index (χ0n) is 11.5. The SMILES string of the molecule is CSC1=NC(=Cc2ccc(-c3ccccc3)cc2)C(=O)N1. The number of nitrogens with zero attached hydrogens (tertiary/aromatic N) is 1. The van der Waals surface area contributed by atoms with Crippen LogP contribution in [0, 0.1) is 0 Å². The molecule has 4 heteroatoms. The Morgan fingerprint density at radius 3 is 2.29 bits per heavy atom. The number of aliphatic imine (C=N–C) groups is 1. The number of rotatable bonds is 2. The molecule has 1 N–H and O–H groups in total. The van der Waals surface area contributed by atoms with Crippen LogP contribution in [0.1, 0.15) is 5.56 Å². The van der Waals surface area contributed by atoms with Gasteiger partial charge in [-0.1, -0.05) is 66.4 Å². The zero-order chi connectivity index (χ0) is 14.7. The van der Waals surface area contributed by atoms with Gasteiger partial charge in [-0.25, -0.2) is 4.99 Å². The molecule has 0 unspecified atom stereocenters. The first-order valence-corrected chi connectivity index (χ1v) is 7.80. The predicted molar refractivity (Wildman–Crippen MR) is 88.9 cm³/mol. The average Bonchev–Trinajstić information content (AvgIpc) is 2.89. The Morgan fingerprint density at radius 1 is 1.00 bits per heavy atom. The fourth-order valence-electron chi connectivity index (χ4n) is 2.10. The van der Waals surface area contributed by atoms with E-state index in [-0.39, 0.29) is 5.91 Å². The molecule has 21 heavy (non-hydrogen) atoms. The topological polar surface area (TPSA) is 41.5 Å². The fourth-order valence-corrected chi connectivity index (χ4v) is 2.49. The normalized spacial score (nSPS) is 16.0. The molecule has 1 heterocycles. The quantitative estimate of drug-likeness (QED) is 0.861. The molecule has 0 radical (unpaired) electrons. The van der Waals surface area contributed by atoms with E-state index in [4.69, 9.17) is 0 Å². The number of nitrogens with one attached hydrogen (secondary N) is 1. The standard InChI is InChI=1S/C17H14N2OS/c1-21-17-18-15(16(20)19-17)11-12-7-9-14(10-8-12)13-5-3-2-4-6-13/h2-11H,1H3,(H,18,19,20). The molecule has 1 aliphatic heterocycles.